The van der Waals surface area contributed by atoms with Crippen LogP contribution in [0.2, 0.25) is 5.02 Å². The van der Waals surface area contributed by atoms with E-state index >= 15 is 0 Å². The minimum absolute atomic E-state index is 0.129. The highest BCUT2D eigenvalue weighted by atomic mass is 35.5. The maximum absolute atomic E-state index is 13.0. The Morgan fingerprint density at radius 2 is 1.86 bits per heavy atom. The van der Waals surface area contributed by atoms with Gasteiger partial charge in [0.25, 0.3) is 5.91 Å². The molecule has 0 unspecified atom stereocenters. The van der Waals surface area contributed by atoms with E-state index < -0.39 is 17.6 Å². The summed E-state index contributed by atoms with van der Waals surface area (Å²) >= 11 is 6.35. The van der Waals surface area contributed by atoms with Gasteiger partial charge in [-0.3, -0.25) is 4.79 Å². The van der Waals surface area contributed by atoms with E-state index in [0.29, 0.717) is 16.9 Å². The lowest BCUT2D eigenvalue weighted by Crippen LogP contribution is -2.44. The molecule has 186 valence electrons. The molecule has 2 aromatic carbocycles. The smallest absolute Gasteiger partial charge is 0.354 e. The van der Waals surface area contributed by atoms with Crippen LogP contribution in [0.1, 0.15) is 15.9 Å². The molecule has 11 heteroatoms. The number of carbonyl (C=O) groups excluding carboxylic acids is 1. The van der Waals surface area contributed by atoms with Crippen molar-refractivity contribution in [2.45, 2.75) is 6.18 Å². The monoisotopic (exact) mass is 514 g/mol. The molecule has 0 bridgehead atoms. The largest absolute Gasteiger partial charge is 0.416 e. The predicted octanol–water partition coefficient (Wildman–Crippen LogP) is 5.30. The Morgan fingerprint density at radius 3 is 2.56 bits per heavy atom. The third kappa shape index (κ3) is 5.00. The van der Waals surface area contributed by atoms with Crippen molar-refractivity contribution in [3.05, 3.63) is 70.9 Å². The Morgan fingerprint density at radius 1 is 1.08 bits per heavy atom. The zero-order valence-electron chi connectivity index (χ0n) is 19.2. The minimum atomic E-state index is -4.55. The van der Waals surface area contributed by atoms with Gasteiger partial charge in [0.15, 0.2) is 0 Å². The van der Waals surface area contributed by atoms with Crippen LogP contribution in [0.4, 0.5) is 24.7 Å². The van der Waals surface area contributed by atoms with Crippen molar-refractivity contribution >= 4 is 40.0 Å². The van der Waals surface area contributed by atoms with E-state index in [1.165, 1.54) is 12.1 Å². The Bertz CT molecular complexity index is 1410. The van der Waals surface area contributed by atoms with Crippen LogP contribution in [-0.2, 0) is 6.18 Å². The van der Waals surface area contributed by atoms with Crippen LogP contribution in [0.3, 0.4) is 0 Å². The summed E-state index contributed by atoms with van der Waals surface area (Å²) < 4.78 is 39.0. The van der Waals surface area contributed by atoms with E-state index in [9.17, 15) is 18.0 Å². The summed E-state index contributed by atoms with van der Waals surface area (Å²) in [4.78, 5) is 29.5. The highest BCUT2D eigenvalue weighted by Gasteiger charge is 2.31. The van der Waals surface area contributed by atoms with Crippen LogP contribution < -0.4 is 10.2 Å². The molecule has 0 aliphatic carbocycles. The molecule has 4 aromatic rings. The van der Waals surface area contributed by atoms with Crippen molar-refractivity contribution in [2.75, 3.05) is 43.4 Å². The molecule has 7 nitrogen and oxygen atoms in total. The number of alkyl halides is 3. The SMILES string of the molecule is CN1CCN(c2ccc(-c3nc4cc(NC(=O)c5cccc(C(F)(F)F)c5)c(Cl)cc4[nH]3)cn2)CC1. The Labute approximate surface area is 209 Å². The number of aromatic amines is 1. The van der Waals surface area contributed by atoms with E-state index in [-0.39, 0.29) is 16.3 Å². The molecule has 2 N–H and O–H groups in total. The number of H-pyrrole nitrogens is 1. The lowest BCUT2D eigenvalue weighted by Gasteiger charge is -2.33. The number of benzene rings is 2. The number of likely N-dealkylation sites (N-methyl/N-ethyl adjacent to an activating group) is 1. The van der Waals surface area contributed by atoms with E-state index in [4.69, 9.17) is 11.6 Å². The molecule has 2 aromatic heterocycles. The number of fused-ring (bicyclic) bond motifs is 1. The van der Waals surface area contributed by atoms with Crippen molar-refractivity contribution in [1.82, 2.24) is 19.9 Å². The fourth-order valence-electron chi connectivity index (χ4n) is 4.04. The number of halogens is 4. The Hall–Kier alpha value is -3.63. The zero-order valence-corrected chi connectivity index (χ0v) is 20.0. The summed E-state index contributed by atoms with van der Waals surface area (Å²) in [5, 5.41) is 2.80. The number of anilines is 2. The van der Waals surface area contributed by atoms with Crippen LogP contribution in [-0.4, -0.2) is 59.0 Å². The number of imidazole rings is 1. The molecule has 1 aliphatic heterocycles. The average Bonchev–Trinajstić information content (AvgIpc) is 3.27. The van der Waals surface area contributed by atoms with Gasteiger partial charge in [-0.2, -0.15) is 13.2 Å². The lowest BCUT2D eigenvalue weighted by molar-refractivity contribution is -0.137. The van der Waals surface area contributed by atoms with Crippen molar-refractivity contribution in [1.29, 1.82) is 0 Å². The molecule has 0 saturated carbocycles. The number of nitrogens with zero attached hydrogens (tertiary/aromatic N) is 4. The van der Waals surface area contributed by atoms with Crippen LogP contribution in [0.15, 0.2) is 54.7 Å². The maximum Gasteiger partial charge on any atom is 0.416 e. The number of piperazine rings is 1. The standard InChI is InChI=1S/C25H22ClF3N6O/c1-34-7-9-35(10-8-34)22-6-5-16(14-30-22)23-31-20-12-18(26)19(13-21(20)32-23)33-24(36)15-3-2-4-17(11-15)25(27,28)29/h2-6,11-14H,7-10H2,1H3,(H,31,32)(H,33,36). The van der Waals surface area contributed by atoms with Gasteiger partial charge in [0.2, 0.25) is 0 Å². The van der Waals surface area contributed by atoms with Crippen LogP contribution >= 0.6 is 11.6 Å². The first kappa shape index (κ1) is 24.1. The summed E-state index contributed by atoms with van der Waals surface area (Å²) in [7, 11) is 2.10. The number of amides is 1. The molecule has 1 saturated heterocycles. The zero-order chi connectivity index (χ0) is 25.4. The molecular formula is C25H22ClF3N6O. The number of nitrogens with one attached hydrogen (secondary N) is 2. The van der Waals surface area contributed by atoms with E-state index in [1.807, 2.05) is 12.1 Å². The van der Waals surface area contributed by atoms with Crippen molar-refractivity contribution in [2.24, 2.45) is 0 Å². The summed E-state index contributed by atoms with van der Waals surface area (Å²) in [5.41, 5.74) is 1.19. The van der Waals surface area contributed by atoms with Gasteiger partial charge in [-0.15, -0.1) is 0 Å². The molecule has 1 aliphatic rings. The normalized spacial score (nSPS) is 14.9. The van der Waals surface area contributed by atoms with Gasteiger partial charge in [0.05, 0.1) is 27.3 Å². The van der Waals surface area contributed by atoms with Gasteiger partial charge in [0.1, 0.15) is 11.6 Å². The van der Waals surface area contributed by atoms with Gasteiger partial charge in [0, 0.05) is 43.5 Å². The maximum atomic E-state index is 13.0. The third-order valence-corrected chi connectivity index (χ3v) is 6.43. The summed E-state index contributed by atoms with van der Waals surface area (Å²) in [6, 6.07) is 11.3. The van der Waals surface area contributed by atoms with Crippen molar-refractivity contribution < 1.29 is 18.0 Å². The quantitative estimate of drug-likeness (QED) is 0.386. The number of hydrogen-bond donors (Lipinski definition) is 2. The number of carbonyl (C=O) groups is 1. The first-order chi connectivity index (χ1) is 17.2. The van der Waals surface area contributed by atoms with Gasteiger partial charge >= 0.3 is 6.18 Å². The third-order valence-electron chi connectivity index (χ3n) is 6.12. The second kappa shape index (κ2) is 9.44. The first-order valence-corrected chi connectivity index (χ1v) is 11.6. The minimum Gasteiger partial charge on any atom is -0.354 e. The van der Waals surface area contributed by atoms with Gasteiger partial charge in [-0.1, -0.05) is 17.7 Å². The fourth-order valence-corrected chi connectivity index (χ4v) is 4.25. The van der Waals surface area contributed by atoms with Crippen molar-refractivity contribution in [3.8, 4) is 11.4 Å². The number of pyridine rings is 1. The molecule has 36 heavy (non-hydrogen) atoms. The number of rotatable bonds is 4. The lowest BCUT2D eigenvalue weighted by atomic mass is 10.1. The number of hydrogen-bond acceptors (Lipinski definition) is 5. The van der Waals surface area contributed by atoms with E-state index in [2.05, 4.69) is 37.1 Å². The summed E-state index contributed by atoms with van der Waals surface area (Å²) in [6.45, 7) is 3.81. The molecule has 3 heterocycles. The fraction of sp³-hybridized carbons (Fsp3) is 0.240. The molecule has 1 amide bonds. The second-order valence-corrected chi connectivity index (χ2v) is 9.07. The number of aromatic nitrogens is 3. The van der Waals surface area contributed by atoms with Gasteiger partial charge in [-0.05, 0) is 49.5 Å². The van der Waals surface area contributed by atoms with E-state index in [0.717, 1.165) is 49.7 Å². The summed E-state index contributed by atoms with van der Waals surface area (Å²) in [5.74, 6) is 0.784. The summed E-state index contributed by atoms with van der Waals surface area (Å²) in [6.07, 6.45) is -2.79. The van der Waals surface area contributed by atoms with Gasteiger partial charge < -0.3 is 20.1 Å². The predicted molar refractivity (Wildman–Crippen MR) is 133 cm³/mol. The highest BCUT2D eigenvalue weighted by molar-refractivity contribution is 6.34. The second-order valence-electron chi connectivity index (χ2n) is 8.66. The molecule has 0 radical (unpaired) electrons. The van der Waals surface area contributed by atoms with Crippen LogP contribution in [0.25, 0.3) is 22.4 Å². The Kier molecular flexibility index (Phi) is 6.31. The topological polar surface area (TPSA) is 77.1 Å². The van der Waals surface area contributed by atoms with Crippen LogP contribution in [0.5, 0.6) is 0 Å². The molecule has 1 fully saturated rings. The van der Waals surface area contributed by atoms with Crippen molar-refractivity contribution in [3.63, 3.8) is 0 Å². The molecule has 0 spiro atoms. The molecular weight excluding hydrogens is 493 g/mol. The van der Waals surface area contributed by atoms with E-state index in [1.54, 1.807) is 18.3 Å². The average molecular weight is 515 g/mol. The van der Waals surface area contributed by atoms with Gasteiger partial charge in [-0.25, -0.2) is 9.97 Å². The highest BCUT2D eigenvalue weighted by Crippen LogP contribution is 2.32. The molecule has 0 atom stereocenters. The molecule has 5 rings (SSSR count). The van der Waals surface area contributed by atoms with Crippen LogP contribution in [0, 0.1) is 0 Å². The Balaban J connectivity index is 1.36. The first-order valence-electron chi connectivity index (χ1n) is 11.3.